The van der Waals surface area contributed by atoms with E-state index in [1.807, 2.05) is 30.3 Å². The number of aliphatic hydroxyl groups excluding tert-OH is 1. The zero-order chi connectivity index (χ0) is 11.4. The SMILES string of the molecule is NC(CO)c1nnn(Cc2ccccc2)n1. The second-order valence-electron chi connectivity index (χ2n) is 3.45. The number of nitrogens with two attached hydrogens (primary N) is 1. The average molecular weight is 219 g/mol. The Labute approximate surface area is 92.7 Å². The molecule has 0 aliphatic rings. The minimum Gasteiger partial charge on any atom is -0.394 e. The lowest BCUT2D eigenvalue weighted by molar-refractivity contribution is 0.263. The Morgan fingerprint density at radius 3 is 2.75 bits per heavy atom. The highest BCUT2D eigenvalue weighted by Crippen LogP contribution is 2.03. The number of tetrazole rings is 1. The molecule has 3 N–H and O–H groups in total. The highest BCUT2D eigenvalue weighted by atomic mass is 16.3. The summed E-state index contributed by atoms with van der Waals surface area (Å²) in [6, 6.07) is 9.25. The fraction of sp³-hybridized carbons (Fsp3) is 0.300. The van der Waals surface area contributed by atoms with E-state index < -0.39 is 6.04 Å². The van der Waals surface area contributed by atoms with Crippen LogP contribution in [0.2, 0.25) is 0 Å². The summed E-state index contributed by atoms with van der Waals surface area (Å²) in [7, 11) is 0. The van der Waals surface area contributed by atoms with Crippen molar-refractivity contribution in [1.82, 2.24) is 20.2 Å². The van der Waals surface area contributed by atoms with Crippen molar-refractivity contribution in [3.63, 3.8) is 0 Å². The van der Waals surface area contributed by atoms with Crippen molar-refractivity contribution >= 4 is 0 Å². The highest BCUT2D eigenvalue weighted by molar-refractivity contribution is 5.14. The molecule has 6 nitrogen and oxygen atoms in total. The summed E-state index contributed by atoms with van der Waals surface area (Å²) in [5.41, 5.74) is 6.66. The maximum absolute atomic E-state index is 8.85. The van der Waals surface area contributed by atoms with Gasteiger partial charge in [0.15, 0.2) is 5.82 Å². The van der Waals surface area contributed by atoms with Crippen LogP contribution in [0.3, 0.4) is 0 Å². The normalized spacial score (nSPS) is 12.6. The fourth-order valence-electron chi connectivity index (χ4n) is 1.30. The lowest BCUT2D eigenvalue weighted by atomic mass is 10.2. The molecule has 0 saturated heterocycles. The molecule has 2 aromatic rings. The second-order valence-corrected chi connectivity index (χ2v) is 3.45. The van der Waals surface area contributed by atoms with E-state index >= 15 is 0 Å². The van der Waals surface area contributed by atoms with Crippen LogP contribution >= 0.6 is 0 Å². The topological polar surface area (TPSA) is 89.9 Å². The Balaban J connectivity index is 2.09. The van der Waals surface area contributed by atoms with E-state index in [2.05, 4.69) is 15.4 Å². The van der Waals surface area contributed by atoms with Crippen LogP contribution in [-0.4, -0.2) is 31.9 Å². The van der Waals surface area contributed by atoms with Crippen molar-refractivity contribution < 1.29 is 5.11 Å². The summed E-state index contributed by atoms with van der Waals surface area (Å²) < 4.78 is 0. The number of aliphatic hydroxyl groups is 1. The van der Waals surface area contributed by atoms with Gasteiger partial charge in [-0.1, -0.05) is 30.3 Å². The summed E-state index contributed by atoms with van der Waals surface area (Å²) in [6.45, 7) is 0.364. The molecule has 0 saturated carbocycles. The van der Waals surface area contributed by atoms with Crippen molar-refractivity contribution in [2.24, 2.45) is 5.73 Å². The molecule has 0 aliphatic heterocycles. The predicted octanol–water partition coefficient (Wildman–Crippen LogP) is -0.287. The maximum Gasteiger partial charge on any atom is 0.193 e. The fourth-order valence-corrected chi connectivity index (χ4v) is 1.30. The summed E-state index contributed by atoms with van der Waals surface area (Å²) in [6.07, 6.45) is 0. The van der Waals surface area contributed by atoms with Crippen LogP contribution in [0, 0.1) is 0 Å². The van der Waals surface area contributed by atoms with E-state index in [9.17, 15) is 0 Å². The van der Waals surface area contributed by atoms with Crippen molar-refractivity contribution in [3.8, 4) is 0 Å². The predicted molar refractivity (Wildman–Crippen MR) is 57.4 cm³/mol. The first-order chi connectivity index (χ1) is 7.79. The van der Waals surface area contributed by atoms with Crippen molar-refractivity contribution in [1.29, 1.82) is 0 Å². The lowest BCUT2D eigenvalue weighted by Crippen LogP contribution is -2.16. The number of hydrogen-bond acceptors (Lipinski definition) is 5. The van der Waals surface area contributed by atoms with Gasteiger partial charge in [-0.2, -0.15) is 4.80 Å². The molecule has 1 aromatic carbocycles. The molecule has 84 valence electrons. The van der Waals surface area contributed by atoms with Crippen molar-refractivity contribution in [2.45, 2.75) is 12.6 Å². The smallest absolute Gasteiger partial charge is 0.193 e. The number of aromatic nitrogens is 4. The van der Waals surface area contributed by atoms with Gasteiger partial charge in [-0.15, -0.1) is 10.2 Å². The summed E-state index contributed by atoms with van der Waals surface area (Å²) in [5.74, 6) is 0.360. The van der Waals surface area contributed by atoms with Crippen LogP contribution in [0.5, 0.6) is 0 Å². The van der Waals surface area contributed by atoms with E-state index in [0.717, 1.165) is 5.56 Å². The van der Waals surface area contributed by atoms with Gasteiger partial charge < -0.3 is 10.8 Å². The van der Waals surface area contributed by atoms with E-state index in [4.69, 9.17) is 10.8 Å². The first-order valence-electron chi connectivity index (χ1n) is 4.97. The summed E-state index contributed by atoms with van der Waals surface area (Å²) >= 11 is 0. The van der Waals surface area contributed by atoms with Crippen LogP contribution in [0.4, 0.5) is 0 Å². The summed E-state index contributed by atoms with van der Waals surface area (Å²) in [5, 5.41) is 20.6. The molecule has 0 radical (unpaired) electrons. The van der Waals surface area contributed by atoms with Gasteiger partial charge in [-0.3, -0.25) is 0 Å². The Kier molecular flexibility index (Phi) is 3.23. The third kappa shape index (κ3) is 2.41. The number of nitrogens with zero attached hydrogens (tertiary/aromatic N) is 4. The Bertz CT molecular complexity index is 441. The van der Waals surface area contributed by atoms with E-state index in [1.54, 1.807) is 0 Å². The van der Waals surface area contributed by atoms with Crippen molar-refractivity contribution in [3.05, 3.63) is 41.7 Å². The molecule has 0 fully saturated rings. The third-order valence-electron chi connectivity index (χ3n) is 2.16. The van der Waals surface area contributed by atoms with Crippen LogP contribution in [-0.2, 0) is 6.54 Å². The molecular weight excluding hydrogens is 206 g/mol. The molecular formula is C10H13N5O. The van der Waals surface area contributed by atoms with Gasteiger partial charge in [0.1, 0.15) is 0 Å². The van der Waals surface area contributed by atoms with Gasteiger partial charge in [0, 0.05) is 0 Å². The van der Waals surface area contributed by atoms with E-state index in [0.29, 0.717) is 12.4 Å². The quantitative estimate of drug-likeness (QED) is 0.737. The van der Waals surface area contributed by atoms with Crippen molar-refractivity contribution in [2.75, 3.05) is 6.61 Å². The third-order valence-corrected chi connectivity index (χ3v) is 2.16. The average Bonchev–Trinajstić information content (AvgIpc) is 2.78. The lowest BCUT2D eigenvalue weighted by Gasteiger charge is -2.00. The molecule has 6 heteroatoms. The zero-order valence-corrected chi connectivity index (χ0v) is 8.69. The molecule has 1 aromatic heterocycles. The molecule has 2 rings (SSSR count). The zero-order valence-electron chi connectivity index (χ0n) is 8.69. The standard InChI is InChI=1S/C10H13N5O/c11-9(7-16)10-12-14-15(13-10)6-8-4-2-1-3-5-8/h1-5,9,16H,6-7,11H2. The van der Waals surface area contributed by atoms with Crippen LogP contribution in [0.25, 0.3) is 0 Å². The van der Waals surface area contributed by atoms with Gasteiger partial charge in [0.25, 0.3) is 0 Å². The Morgan fingerprint density at radius 2 is 2.06 bits per heavy atom. The molecule has 1 heterocycles. The molecule has 16 heavy (non-hydrogen) atoms. The van der Waals surface area contributed by atoms with E-state index in [-0.39, 0.29) is 6.61 Å². The molecule has 0 bridgehead atoms. The van der Waals surface area contributed by atoms with E-state index in [1.165, 1.54) is 4.80 Å². The Hall–Kier alpha value is -1.79. The molecule has 1 unspecified atom stereocenters. The minimum atomic E-state index is -0.565. The van der Waals surface area contributed by atoms with Gasteiger partial charge >= 0.3 is 0 Å². The number of benzene rings is 1. The van der Waals surface area contributed by atoms with Crippen LogP contribution in [0.1, 0.15) is 17.4 Å². The molecule has 0 amide bonds. The molecule has 0 aliphatic carbocycles. The van der Waals surface area contributed by atoms with Gasteiger partial charge in [-0.25, -0.2) is 0 Å². The maximum atomic E-state index is 8.85. The van der Waals surface area contributed by atoms with Gasteiger partial charge in [-0.05, 0) is 10.8 Å². The monoisotopic (exact) mass is 219 g/mol. The first kappa shape index (κ1) is 10.7. The Morgan fingerprint density at radius 1 is 1.31 bits per heavy atom. The van der Waals surface area contributed by atoms with Crippen LogP contribution < -0.4 is 5.73 Å². The minimum absolute atomic E-state index is 0.184. The largest absolute Gasteiger partial charge is 0.394 e. The molecule has 0 spiro atoms. The number of hydrogen-bond donors (Lipinski definition) is 2. The second kappa shape index (κ2) is 4.82. The first-order valence-corrected chi connectivity index (χ1v) is 4.97. The number of rotatable bonds is 4. The highest BCUT2D eigenvalue weighted by Gasteiger charge is 2.10. The van der Waals surface area contributed by atoms with Crippen LogP contribution in [0.15, 0.2) is 30.3 Å². The molecule has 1 atom stereocenters. The van der Waals surface area contributed by atoms with Gasteiger partial charge in [0.2, 0.25) is 0 Å². The van der Waals surface area contributed by atoms with Gasteiger partial charge in [0.05, 0.1) is 19.2 Å². The summed E-state index contributed by atoms with van der Waals surface area (Å²) in [4.78, 5) is 1.46.